The molecule has 0 amide bonds. The maximum Gasteiger partial charge on any atom is 0.132 e. The van der Waals surface area contributed by atoms with Crippen molar-refractivity contribution in [1.82, 2.24) is 0 Å². The minimum Gasteiger partial charge on any atom is -0.457 e. The number of benzene rings is 11. The highest BCUT2D eigenvalue weighted by molar-refractivity contribution is 6.04. The Kier molecular flexibility index (Phi) is 7.67. The molecular weight excluding hydrogens is 823 g/mol. The smallest absolute Gasteiger partial charge is 0.132 e. The maximum absolute atomic E-state index is 6.98. The average Bonchev–Trinajstić information content (AvgIpc) is 4.00. The first kappa shape index (κ1) is 37.5. The van der Waals surface area contributed by atoms with Crippen molar-refractivity contribution < 1.29 is 4.74 Å². The molecule has 1 unspecified atom stereocenters. The summed E-state index contributed by atoms with van der Waals surface area (Å²) in [5.41, 5.74) is 22.2. The van der Waals surface area contributed by atoms with Gasteiger partial charge in [0.1, 0.15) is 11.5 Å². The van der Waals surface area contributed by atoms with Gasteiger partial charge in [-0.2, -0.15) is 0 Å². The Hall–Kier alpha value is -8.72. The number of fused-ring (bicyclic) bond motifs is 21. The van der Waals surface area contributed by atoms with Crippen molar-refractivity contribution in [3.8, 4) is 56.0 Å². The molecule has 0 fully saturated rings. The van der Waals surface area contributed by atoms with Crippen LogP contribution in [0.2, 0.25) is 0 Å². The Labute approximate surface area is 395 Å². The second kappa shape index (κ2) is 13.9. The second-order valence-electron chi connectivity index (χ2n) is 18.6. The van der Waals surface area contributed by atoms with Crippen molar-refractivity contribution >= 4 is 27.8 Å². The van der Waals surface area contributed by atoms with Gasteiger partial charge in [0.05, 0.1) is 16.5 Å². The summed E-state index contributed by atoms with van der Waals surface area (Å²) in [7, 11) is 0. The van der Waals surface area contributed by atoms with E-state index in [1.54, 1.807) is 0 Å². The van der Waals surface area contributed by atoms with Crippen molar-refractivity contribution in [1.29, 1.82) is 0 Å². The van der Waals surface area contributed by atoms with E-state index in [0.29, 0.717) is 0 Å². The van der Waals surface area contributed by atoms with Crippen LogP contribution in [0.4, 0.5) is 17.1 Å². The molecule has 0 radical (unpaired) electrons. The van der Waals surface area contributed by atoms with Gasteiger partial charge >= 0.3 is 0 Å². The van der Waals surface area contributed by atoms with E-state index in [-0.39, 0.29) is 0 Å². The second-order valence-corrected chi connectivity index (χ2v) is 18.6. The normalized spacial score (nSPS) is 15.6. The highest BCUT2D eigenvalue weighted by atomic mass is 16.5. The summed E-state index contributed by atoms with van der Waals surface area (Å²) < 4.78 is 6.98. The minimum atomic E-state index is -0.611. The number of para-hydroxylation sites is 2. The minimum absolute atomic E-state index is 0.548. The molecule has 1 aliphatic heterocycles. The fourth-order valence-corrected chi connectivity index (χ4v) is 13.0. The van der Waals surface area contributed by atoms with E-state index in [0.717, 1.165) is 50.8 Å². The zero-order valence-corrected chi connectivity index (χ0v) is 37.0. The number of hydrogen-bond donors (Lipinski definition) is 0. The topological polar surface area (TPSA) is 12.5 Å². The molecular formula is C66H41NO. The largest absolute Gasteiger partial charge is 0.457 e. The van der Waals surface area contributed by atoms with Crippen molar-refractivity contribution in [2.75, 3.05) is 4.90 Å². The number of rotatable bonds is 4. The van der Waals surface area contributed by atoms with Crippen LogP contribution >= 0.6 is 0 Å². The van der Waals surface area contributed by atoms with Gasteiger partial charge < -0.3 is 9.64 Å². The van der Waals surface area contributed by atoms with Gasteiger partial charge in [0.15, 0.2) is 0 Å². The summed E-state index contributed by atoms with van der Waals surface area (Å²) in [4.78, 5) is 2.51. The predicted octanol–water partition coefficient (Wildman–Crippen LogP) is 16.8. The van der Waals surface area contributed by atoms with E-state index < -0.39 is 10.8 Å². The van der Waals surface area contributed by atoms with Crippen molar-refractivity contribution in [3.63, 3.8) is 0 Å². The van der Waals surface area contributed by atoms with Crippen LogP contribution in [0.3, 0.4) is 0 Å². The summed E-state index contributed by atoms with van der Waals surface area (Å²) in [6, 6.07) is 92.3. The lowest BCUT2D eigenvalue weighted by Crippen LogP contribution is -2.32. The SMILES string of the molecule is c1ccc(-c2ccccc2N(c2ccc3c(c2)C2(c4ccccc4O3)c3ccccc3-c3ccccc32)c2ccc3c(c2)C2(c4ccccc4-3)c3ccccc3-c3ccc4ccccc4c32)cc1. The Morgan fingerprint density at radius 2 is 0.765 bits per heavy atom. The first-order valence-electron chi connectivity index (χ1n) is 23.7. The molecule has 0 N–H and O–H groups in total. The zero-order valence-electron chi connectivity index (χ0n) is 37.0. The number of hydrogen-bond acceptors (Lipinski definition) is 2. The molecule has 0 aromatic heterocycles. The molecule has 0 bridgehead atoms. The van der Waals surface area contributed by atoms with Gasteiger partial charge in [0.25, 0.3) is 0 Å². The lowest BCUT2D eigenvalue weighted by molar-refractivity contribution is 0.436. The summed E-state index contributed by atoms with van der Waals surface area (Å²) in [5.74, 6) is 1.75. The average molecular weight is 864 g/mol. The summed E-state index contributed by atoms with van der Waals surface area (Å²) in [6.07, 6.45) is 0. The van der Waals surface area contributed by atoms with Gasteiger partial charge in [0.2, 0.25) is 0 Å². The Morgan fingerprint density at radius 3 is 1.46 bits per heavy atom. The van der Waals surface area contributed by atoms with E-state index in [1.165, 1.54) is 77.5 Å². The third-order valence-corrected chi connectivity index (χ3v) is 15.5. The van der Waals surface area contributed by atoms with Crippen molar-refractivity contribution in [3.05, 3.63) is 293 Å². The summed E-state index contributed by atoms with van der Waals surface area (Å²) >= 11 is 0. The third-order valence-electron chi connectivity index (χ3n) is 15.5. The van der Waals surface area contributed by atoms with Crippen LogP contribution in [0.1, 0.15) is 44.5 Å². The van der Waals surface area contributed by atoms with Crippen molar-refractivity contribution in [2.45, 2.75) is 10.8 Å². The first-order chi connectivity index (χ1) is 33.7. The van der Waals surface area contributed by atoms with Gasteiger partial charge in [0, 0.05) is 28.1 Å². The standard InChI is InChI=1S/C66H41NO/c1-2-18-42(19-3-1)46-21-10-16-32-61(46)67(45-36-39-63-60(41-45)65(58-31-15-17-33-62(58)68-63)54-27-11-6-23-48(54)49-24-7-12-28-55(49)65)44-35-38-52-50-25-8-13-29-56(50)66(59(52)40-44)57-30-14-9-26-51(57)53-37-34-43-20-4-5-22-47(43)64(53)66/h1-41H. The quantitative estimate of drug-likeness (QED) is 0.175. The number of anilines is 3. The molecule has 68 heavy (non-hydrogen) atoms. The van der Waals surface area contributed by atoms with Gasteiger partial charge in [-0.15, -0.1) is 0 Å². The van der Waals surface area contributed by atoms with E-state index in [9.17, 15) is 0 Å². The predicted molar refractivity (Wildman–Crippen MR) is 278 cm³/mol. The fraction of sp³-hybridized carbons (Fsp3) is 0.0303. The van der Waals surface area contributed by atoms with Crippen LogP contribution < -0.4 is 9.64 Å². The first-order valence-corrected chi connectivity index (χ1v) is 23.7. The third kappa shape index (κ3) is 4.76. The molecule has 316 valence electrons. The van der Waals surface area contributed by atoms with Gasteiger partial charge in [-0.1, -0.05) is 206 Å². The number of ether oxygens (including phenoxy) is 1. The summed E-state index contributed by atoms with van der Waals surface area (Å²) in [5, 5.41) is 2.54. The van der Waals surface area contributed by atoms with E-state index in [2.05, 4.69) is 254 Å². The highest BCUT2D eigenvalue weighted by Crippen LogP contribution is 2.66. The van der Waals surface area contributed by atoms with Crippen LogP contribution in [-0.2, 0) is 10.8 Å². The van der Waals surface area contributed by atoms with Gasteiger partial charge in [-0.25, -0.2) is 0 Å². The molecule has 2 spiro atoms. The molecule has 4 aliphatic rings. The molecule has 11 aromatic carbocycles. The highest BCUT2D eigenvalue weighted by Gasteiger charge is 2.54. The van der Waals surface area contributed by atoms with Crippen LogP contribution in [-0.4, -0.2) is 0 Å². The molecule has 0 saturated carbocycles. The fourth-order valence-electron chi connectivity index (χ4n) is 13.0. The van der Waals surface area contributed by atoms with E-state index in [1.807, 2.05) is 0 Å². The molecule has 0 saturated heterocycles. The Balaban J connectivity index is 1.04. The summed E-state index contributed by atoms with van der Waals surface area (Å²) in [6.45, 7) is 0. The molecule has 11 aromatic rings. The van der Waals surface area contributed by atoms with Gasteiger partial charge in [-0.3, -0.25) is 0 Å². The Morgan fingerprint density at radius 1 is 0.294 bits per heavy atom. The molecule has 1 atom stereocenters. The molecule has 1 heterocycles. The van der Waals surface area contributed by atoms with Crippen LogP contribution in [0, 0.1) is 0 Å². The Bertz CT molecular complexity index is 3860. The van der Waals surface area contributed by atoms with Crippen LogP contribution in [0.15, 0.2) is 249 Å². The monoisotopic (exact) mass is 863 g/mol. The molecule has 3 aliphatic carbocycles. The molecule has 15 rings (SSSR count). The van der Waals surface area contributed by atoms with Gasteiger partial charge in [-0.05, 0) is 126 Å². The lowest BCUT2D eigenvalue weighted by atomic mass is 9.66. The van der Waals surface area contributed by atoms with E-state index in [4.69, 9.17) is 4.74 Å². The lowest BCUT2D eigenvalue weighted by Gasteiger charge is -2.40. The zero-order chi connectivity index (χ0) is 44.6. The number of nitrogens with zero attached hydrogens (tertiary/aromatic N) is 1. The molecule has 2 heteroatoms. The van der Waals surface area contributed by atoms with Crippen LogP contribution in [0.25, 0.3) is 55.3 Å². The maximum atomic E-state index is 6.98. The van der Waals surface area contributed by atoms with Crippen molar-refractivity contribution in [2.24, 2.45) is 0 Å². The molecule has 2 nitrogen and oxygen atoms in total. The van der Waals surface area contributed by atoms with E-state index >= 15 is 0 Å². The van der Waals surface area contributed by atoms with Crippen LogP contribution in [0.5, 0.6) is 11.5 Å².